The lowest BCUT2D eigenvalue weighted by Crippen LogP contribution is -2.75. The molecular weight excluding hydrogens is 559 g/mol. The number of halogens is 18. The molecule has 0 heterocycles. The van der Waals surface area contributed by atoms with Crippen molar-refractivity contribution in [2.45, 2.75) is 47.0 Å². The van der Waals surface area contributed by atoms with E-state index in [1.165, 1.54) is 0 Å². The van der Waals surface area contributed by atoms with Gasteiger partial charge in [0.15, 0.2) is 0 Å². The van der Waals surface area contributed by atoms with Crippen molar-refractivity contribution in [3.63, 3.8) is 0 Å². The molecule has 0 rings (SSSR count). The molecule has 0 atom stereocenters. The maximum absolute atomic E-state index is 13.4. The second-order valence-corrected chi connectivity index (χ2v) is 7.14. The van der Waals surface area contributed by atoms with Crippen LogP contribution in [0.1, 0.15) is 0 Å². The van der Waals surface area contributed by atoms with E-state index in [0.717, 1.165) is 0 Å². The van der Waals surface area contributed by atoms with E-state index in [4.69, 9.17) is 0 Å². The van der Waals surface area contributed by atoms with Gasteiger partial charge >= 0.3 is 57.1 Å². The Morgan fingerprint density at radius 3 is 1.09 bits per heavy atom. The van der Waals surface area contributed by atoms with Crippen molar-refractivity contribution in [3.05, 3.63) is 11.8 Å². The SMILES string of the molecule is O=S(=O)(O/C=C\Cl)C(F)(F)C(F)(F)C(F)(F)C(F)(F)C(F)(F)C(F)(F)C(F)(F)C(F)(F)F. The van der Waals surface area contributed by atoms with Crippen LogP contribution in [0.2, 0.25) is 0 Å². The fraction of sp³-hybridized carbons (Fsp3) is 0.800. The van der Waals surface area contributed by atoms with Gasteiger partial charge in [0.2, 0.25) is 0 Å². The lowest BCUT2D eigenvalue weighted by atomic mass is 9.91. The van der Waals surface area contributed by atoms with Gasteiger partial charge in [-0.1, -0.05) is 11.6 Å². The van der Waals surface area contributed by atoms with Crippen LogP contribution in [0.3, 0.4) is 0 Å². The Kier molecular flexibility index (Phi) is 7.48. The molecule has 0 aromatic carbocycles. The molecule has 0 bridgehead atoms. The maximum atomic E-state index is 13.4. The predicted octanol–water partition coefficient (Wildman–Crippen LogP) is 6.01. The van der Waals surface area contributed by atoms with E-state index < -0.39 is 63.3 Å². The molecule has 0 N–H and O–H groups in total. The van der Waals surface area contributed by atoms with Crippen molar-refractivity contribution in [1.29, 1.82) is 0 Å². The predicted molar refractivity (Wildman–Crippen MR) is 65.7 cm³/mol. The summed E-state index contributed by atoms with van der Waals surface area (Å²) in [4.78, 5) is 0. The minimum Gasteiger partial charge on any atom is -0.385 e. The van der Waals surface area contributed by atoms with Crippen LogP contribution in [0.5, 0.6) is 0 Å². The van der Waals surface area contributed by atoms with Crippen LogP contribution in [0.15, 0.2) is 11.8 Å². The monoisotopic (exact) mass is 560 g/mol. The minimum absolute atomic E-state index is 0.244. The number of alkyl halides is 17. The van der Waals surface area contributed by atoms with Crippen molar-refractivity contribution in [3.8, 4) is 0 Å². The first-order chi connectivity index (χ1) is 13.6. The van der Waals surface area contributed by atoms with Crippen molar-refractivity contribution < 1.29 is 87.2 Å². The average Bonchev–Trinajstić information content (AvgIpc) is 2.57. The Labute approximate surface area is 168 Å². The third kappa shape index (κ3) is 3.81. The quantitative estimate of drug-likeness (QED) is 0.197. The van der Waals surface area contributed by atoms with E-state index in [2.05, 4.69) is 15.8 Å². The molecule has 0 aromatic heterocycles. The van der Waals surface area contributed by atoms with E-state index in [0.29, 0.717) is 0 Å². The first-order valence-electron chi connectivity index (χ1n) is 6.45. The van der Waals surface area contributed by atoms with Gasteiger partial charge in [0, 0.05) is 5.54 Å². The molecule has 0 unspecified atom stereocenters. The van der Waals surface area contributed by atoms with Gasteiger partial charge in [-0.3, -0.25) is 0 Å². The van der Waals surface area contributed by atoms with Crippen molar-refractivity contribution >= 4 is 21.7 Å². The fourth-order valence-corrected chi connectivity index (χ4v) is 2.34. The molecule has 0 aliphatic heterocycles. The summed E-state index contributed by atoms with van der Waals surface area (Å²) in [6, 6.07) is 0. The molecule has 0 aromatic rings. The molecule has 0 aliphatic rings. The lowest BCUT2D eigenvalue weighted by Gasteiger charge is -2.42. The molecule has 0 aliphatic carbocycles. The van der Waals surface area contributed by atoms with Crippen molar-refractivity contribution in [2.75, 3.05) is 0 Å². The van der Waals surface area contributed by atoms with E-state index in [1.807, 2.05) is 0 Å². The topological polar surface area (TPSA) is 43.4 Å². The Morgan fingerprint density at radius 1 is 0.531 bits per heavy atom. The zero-order valence-corrected chi connectivity index (χ0v) is 15.2. The van der Waals surface area contributed by atoms with Crippen LogP contribution in [-0.2, 0) is 14.3 Å². The van der Waals surface area contributed by atoms with E-state index in [1.54, 1.807) is 0 Å². The van der Waals surface area contributed by atoms with E-state index >= 15 is 0 Å². The van der Waals surface area contributed by atoms with Crippen LogP contribution >= 0.6 is 11.6 Å². The van der Waals surface area contributed by atoms with Gasteiger partial charge in [0.25, 0.3) is 0 Å². The summed E-state index contributed by atoms with van der Waals surface area (Å²) in [6.45, 7) is 0. The summed E-state index contributed by atoms with van der Waals surface area (Å²) >= 11 is 4.51. The lowest BCUT2D eigenvalue weighted by molar-refractivity contribution is -0.458. The Balaban J connectivity index is 6.92. The second kappa shape index (κ2) is 7.83. The van der Waals surface area contributed by atoms with E-state index in [-0.39, 0.29) is 5.54 Å². The Morgan fingerprint density at radius 2 is 0.812 bits per heavy atom. The third-order valence-electron chi connectivity index (χ3n) is 3.24. The Bertz CT molecular complexity index is 828. The van der Waals surface area contributed by atoms with Crippen LogP contribution in [0, 0.1) is 0 Å². The molecule has 3 nitrogen and oxygen atoms in total. The number of hydrogen-bond acceptors (Lipinski definition) is 3. The van der Waals surface area contributed by atoms with Crippen LogP contribution in [-0.4, -0.2) is 55.4 Å². The molecule has 22 heteroatoms. The highest BCUT2D eigenvalue weighted by Crippen LogP contribution is 2.64. The van der Waals surface area contributed by atoms with Gasteiger partial charge in [-0.15, -0.1) is 0 Å². The molecule has 0 spiro atoms. The zero-order chi connectivity index (χ0) is 26.6. The van der Waals surface area contributed by atoms with Gasteiger partial charge < -0.3 is 4.18 Å². The summed E-state index contributed by atoms with van der Waals surface area (Å²) in [6.07, 6.45) is -8.59. The standard InChI is InChI=1S/C10H2ClF17O3S/c11-1-2-31-32(29,30)10(27,28)8(22,23)6(18,19)4(14,15)3(12,13)5(16,17)7(20,21)9(24,25)26/h1-2H/b2-1-. The van der Waals surface area contributed by atoms with Gasteiger partial charge in [-0.05, 0) is 0 Å². The number of rotatable bonds is 9. The normalized spacial score (nSPS) is 16.6. The van der Waals surface area contributed by atoms with Crippen LogP contribution in [0.25, 0.3) is 0 Å². The highest BCUT2D eigenvalue weighted by Gasteiger charge is 2.96. The maximum Gasteiger partial charge on any atom is 0.460 e. The summed E-state index contributed by atoms with van der Waals surface area (Å²) in [5, 5.41) is -7.72. The average molecular weight is 561 g/mol. The van der Waals surface area contributed by atoms with Gasteiger partial charge in [0.1, 0.15) is 6.26 Å². The molecule has 0 saturated heterocycles. The molecule has 0 radical (unpaired) electrons. The molecule has 192 valence electrons. The highest BCUT2D eigenvalue weighted by atomic mass is 35.5. The summed E-state index contributed by atoms with van der Waals surface area (Å²) in [5.41, 5.74) is -0.244. The highest BCUT2D eigenvalue weighted by molar-refractivity contribution is 7.88. The summed E-state index contributed by atoms with van der Waals surface area (Å²) in [5.74, 6) is -51.9. The summed E-state index contributed by atoms with van der Waals surface area (Å²) < 4.78 is 244. The van der Waals surface area contributed by atoms with Gasteiger partial charge in [-0.25, -0.2) is 0 Å². The third-order valence-corrected chi connectivity index (χ3v) is 4.59. The largest absolute Gasteiger partial charge is 0.460 e. The summed E-state index contributed by atoms with van der Waals surface area (Å²) in [7, 11) is -7.58. The van der Waals surface area contributed by atoms with Gasteiger partial charge in [-0.2, -0.15) is 83.1 Å². The second-order valence-electron chi connectivity index (χ2n) is 5.27. The molecule has 32 heavy (non-hydrogen) atoms. The van der Waals surface area contributed by atoms with Crippen molar-refractivity contribution in [1.82, 2.24) is 0 Å². The Hall–Kier alpha value is -1.41. The first-order valence-corrected chi connectivity index (χ1v) is 8.30. The number of hydrogen-bond donors (Lipinski definition) is 0. The first kappa shape index (κ1) is 30.6. The molecular formula is C10H2ClF17O3S. The smallest absolute Gasteiger partial charge is 0.385 e. The van der Waals surface area contributed by atoms with Crippen molar-refractivity contribution in [2.24, 2.45) is 0 Å². The zero-order valence-electron chi connectivity index (χ0n) is 13.6. The minimum atomic E-state index is -8.89. The van der Waals surface area contributed by atoms with Crippen LogP contribution in [0.4, 0.5) is 74.6 Å². The van der Waals surface area contributed by atoms with Crippen LogP contribution < -0.4 is 0 Å². The van der Waals surface area contributed by atoms with Gasteiger partial charge in [0.05, 0.1) is 0 Å². The molecule has 0 saturated carbocycles. The van der Waals surface area contributed by atoms with E-state index in [9.17, 15) is 83.1 Å². The fourth-order valence-electron chi connectivity index (χ4n) is 1.46. The molecule has 0 amide bonds. The molecule has 0 fully saturated rings.